The number of benzene rings is 1. The highest BCUT2D eigenvalue weighted by molar-refractivity contribution is 6.05. The van der Waals surface area contributed by atoms with Crippen molar-refractivity contribution in [2.45, 2.75) is 13.0 Å². The molecule has 0 fully saturated rings. The Morgan fingerprint density at radius 3 is 2.72 bits per heavy atom. The van der Waals surface area contributed by atoms with Crippen molar-refractivity contribution in [1.82, 2.24) is 9.78 Å². The van der Waals surface area contributed by atoms with Crippen LogP contribution in [0.2, 0.25) is 0 Å². The number of rotatable bonds is 1. The van der Waals surface area contributed by atoms with E-state index in [4.69, 9.17) is 0 Å². The van der Waals surface area contributed by atoms with Gasteiger partial charge in [-0.3, -0.25) is 9.48 Å². The van der Waals surface area contributed by atoms with Gasteiger partial charge in [-0.25, -0.2) is 4.39 Å². The fourth-order valence-corrected chi connectivity index (χ4v) is 2.24. The van der Waals surface area contributed by atoms with E-state index in [0.717, 1.165) is 0 Å². The number of hydrogen-bond acceptors (Lipinski definition) is 2. The van der Waals surface area contributed by atoms with Gasteiger partial charge in [0.15, 0.2) is 0 Å². The van der Waals surface area contributed by atoms with Gasteiger partial charge >= 0.3 is 0 Å². The highest BCUT2D eigenvalue weighted by atomic mass is 19.1. The number of halogens is 1. The fraction of sp³-hybridized carbons (Fsp3) is 0.231. The van der Waals surface area contributed by atoms with Gasteiger partial charge in [-0.05, 0) is 37.3 Å². The molecule has 0 N–H and O–H groups in total. The molecule has 18 heavy (non-hydrogen) atoms. The molecule has 0 spiro atoms. The summed E-state index contributed by atoms with van der Waals surface area (Å²) >= 11 is 0. The SMILES string of the molecule is CC1CN(c2ccc(F)cc2)C(=O)c2ccnn21. The Morgan fingerprint density at radius 2 is 2.00 bits per heavy atom. The van der Waals surface area contributed by atoms with Gasteiger partial charge in [-0.1, -0.05) is 0 Å². The van der Waals surface area contributed by atoms with E-state index in [1.54, 1.807) is 34.0 Å². The van der Waals surface area contributed by atoms with Gasteiger partial charge in [0.1, 0.15) is 11.5 Å². The number of carbonyl (C=O) groups excluding carboxylic acids is 1. The van der Waals surface area contributed by atoms with E-state index in [1.807, 2.05) is 6.92 Å². The summed E-state index contributed by atoms with van der Waals surface area (Å²) in [6.07, 6.45) is 1.62. The normalized spacial score (nSPS) is 18.9. The minimum atomic E-state index is -0.304. The van der Waals surface area contributed by atoms with E-state index in [0.29, 0.717) is 17.9 Å². The van der Waals surface area contributed by atoms with Gasteiger partial charge in [-0.2, -0.15) is 5.10 Å². The molecular formula is C13H12FN3O. The van der Waals surface area contributed by atoms with Crippen LogP contribution in [0, 0.1) is 5.82 Å². The van der Waals surface area contributed by atoms with Crippen molar-refractivity contribution >= 4 is 11.6 Å². The molecule has 1 aliphatic rings. The third-order valence-electron chi connectivity index (χ3n) is 3.14. The first kappa shape index (κ1) is 11.0. The number of amides is 1. The zero-order valence-corrected chi connectivity index (χ0v) is 9.88. The molecule has 4 nitrogen and oxygen atoms in total. The number of aromatic nitrogens is 2. The summed E-state index contributed by atoms with van der Waals surface area (Å²) in [6.45, 7) is 2.54. The van der Waals surface area contributed by atoms with Crippen LogP contribution < -0.4 is 4.90 Å². The highest BCUT2D eigenvalue weighted by Crippen LogP contribution is 2.25. The highest BCUT2D eigenvalue weighted by Gasteiger charge is 2.30. The molecule has 1 atom stereocenters. The van der Waals surface area contributed by atoms with E-state index in [2.05, 4.69) is 5.10 Å². The number of fused-ring (bicyclic) bond motifs is 1. The van der Waals surface area contributed by atoms with E-state index in [9.17, 15) is 9.18 Å². The lowest BCUT2D eigenvalue weighted by atomic mass is 10.1. The molecule has 2 heterocycles. The van der Waals surface area contributed by atoms with E-state index < -0.39 is 0 Å². The third-order valence-corrected chi connectivity index (χ3v) is 3.14. The first-order valence-electron chi connectivity index (χ1n) is 5.78. The van der Waals surface area contributed by atoms with Crippen LogP contribution in [0.15, 0.2) is 36.5 Å². The Labute approximate surface area is 104 Å². The third kappa shape index (κ3) is 1.59. The maximum absolute atomic E-state index is 12.9. The van der Waals surface area contributed by atoms with E-state index >= 15 is 0 Å². The minimum absolute atomic E-state index is 0.0998. The number of hydrogen-bond donors (Lipinski definition) is 0. The number of nitrogens with zero attached hydrogens (tertiary/aromatic N) is 3. The van der Waals surface area contributed by atoms with E-state index in [-0.39, 0.29) is 17.8 Å². The molecule has 0 saturated carbocycles. The first-order valence-corrected chi connectivity index (χ1v) is 5.78. The zero-order chi connectivity index (χ0) is 12.7. The Balaban J connectivity index is 2.01. The van der Waals surface area contributed by atoms with Crippen LogP contribution in [-0.2, 0) is 0 Å². The zero-order valence-electron chi connectivity index (χ0n) is 9.88. The lowest BCUT2D eigenvalue weighted by Crippen LogP contribution is -2.42. The van der Waals surface area contributed by atoms with Gasteiger partial charge in [0.05, 0.1) is 6.04 Å². The van der Waals surface area contributed by atoms with Crippen molar-refractivity contribution in [3.8, 4) is 0 Å². The second-order valence-electron chi connectivity index (χ2n) is 4.40. The fourth-order valence-electron chi connectivity index (χ4n) is 2.24. The van der Waals surface area contributed by atoms with Crippen LogP contribution in [0.4, 0.5) is 10.1 Å². The van der Waals surface area contributed by atoms with Crippen LogP contribution >= 0.6 is 0 Å². The predicted molar refractivity (Wildman–Crippen MR) is 65.0 cm³/mol. The molecular weight excluding hydrogens is 233 g/mol. The molecule has 3 rings (SSSR count). The van der Waals surface area contributed by atoms with Crippen molar-refractivity contribution in [2.24, 2.45) is 0 Å². The number of carbonyl (C=O) groups is 1. The molecule has 0 radical (unpaired) electrons. The molecule has 92 valence electrons. The summed E-state index contributed by atoms with van der Waals surface area (Å²) in [5.74, 6) is -0.404. The second-order valence-corrected chi connectivity index (χ2v) is 4.40. The smallest absolute Gasteiger partial charge is 0.276 e. The Morgan fingerprint density at radius 1 is 1.28 bits per heavy atom. The van der Waals surface area contributed by atoms with Crippen molar-refractivity contribution in [2.75, 3.05) is 11.4 Å². The maximum Gasteiger partial charge on any atom is 0.276 e. The molecule has 1 aromatic carbocycles. The molecule has 5 heteroatoms. The summed E-state index contributed by atoms with van der Waals surface area (Å²) in [5, 5.41) is 4.14. The van der Waals surface area contributed by atoms with Gasteiger partial charge in [0.25, 0.3) is 5.91 Å². The van der Waals surface area contributed by atoms with Crippen molar-refractivity contribution in [3.63, 3.8) is 0 Å². The minimum Gasteiger partial charge on any atom is -0.305 e. The summed E-state index contributed by atoms with van der Waals surface area (Å²) in [6, 6.07) is 7.77. The molecule has 1 aromatic heterocycles. The predicted octanol–water partition coefficient (Wildman–Crippen LogP) is 2.24. The summed E-state index contributed by atoms with van der Waals surface area (Å²) < 4.78 is 14.6. The molecule has 0 bridgehead atoms. The van der Waals surface area contributed by atoms with Gasteiger partial charge in [0, 0.05) is 18.4 Å². The lowest BCUT2D eigenvalue weighted by Gasteiger charge is -2.31. The van der Waals surface area contributed by atoms with Crippen molar-refractivity contribution < 1.29 is 9.18 Å². The standard InChI is InChI=1S/C13H12FN3O/c1-9-8-16(11-4-2-10(14)3-5-11)13(18)12-6-7-15-17(9)12/h2-7,9H,8H2,1H3. The Bertz CT molecular complexity index is 591. The summed E-state index contributed by atoms with van der Waals surface area (Å²) in [4.78, 5) is 13.9. The Kier molecular flexibility index (Phi) is 2.40. The number of anilines is 1. The second kappa shape index (κ2) is 3.94. The molecule has 1 unspecified atom stereocenters. The van der Waals surface area contributed by atoms with Crippen LogP contribution in [0.25, 0.3) is 0 Å². The molecule has 1 amide bonds. The van der Waals surface area contributed by atoms with Crippen LogP contribution in [-0.4, -0.2) is 22.2 Å². The van der Waals surface area contributed by atoms with Crippen molar-refractivity contribution in [3.05, 3.63) is 48.0 Å². The Hall–Kier alpha value is -2.17. The summed E-state index contributed by atoms with van der Waals surface area (Å²) in [7, 11) is 0. The maximum atomic E-state index is 12.9. The summed E-state index contributed by atoms with van der Waals surface area (Å²) in [5.41, 5.74) is 1.28. The van der Waals surface area contributed by atoms with Gasteiger partial charge in [-0.15, -0.1) is 0 Å². The molecule has 0 saturated heterocycles. The quantitative estimate of drug-likeness (QED) is 0.772. The molecule has 0 aliphatic carbocycles. The van der Waals surface area contributed by atoms with Crippen LogP contribution in [0.5, 0.6) is 0 Å². The largest absolute Gasteiger partial charge is 0.305 e. The molecule has 2 aromatic rings. The van der Waals surface area contributed by atoms with E-state index in [1.165, 1.54) is 12.1 Å². The average molecular weight is 245 g/mol. The first-order chi connectivity index (χ1) is 8.66. The topological polar surface area (TPSA) is 38.1 Å². The van der Waals surface area contributed by atoms with Crippen molar-refractivity contribution in [1.29, 1.82) is 0 Å². The molecule has 1 aliphatic heterocycles. The lowest BCUT2D eigenvalue weighted by molar-refractivity contribution is 0.0953. The van der Waals surface area contributed by atoms with Crippen LogP contribution in [0.1, 0.15) is 23.5 Å². The van der Waals surface area contributed by atoms with Crippen LogP contribution in [0.3, 0.4) is 0 Å². The average Bonchev–Trinajstić information content (AvgIpc) is 2.85. The van der Waals surface area contributed by atoms with Gasteiger partial charge < -0.3 is 4.90 Å². The van der Waals surface area contributed by atoms with Gasteiger partial charge in [0.2, 0.25) is 0 Å². The monoisotopic (exact) mass is 245 g/mol.